The molecule has 5 rings (SSSR count). The van der Waals surface area contributed by atoms with Gasteiger partial charge in [0.2, 0.25) is 5.91 Å². The van der Waals surface area contributed by atoms with Crippen LogP contribution in [-0.4, -0.2) is 66.6 Å². The molecule has 1 saturated heterocycles. The van der Waals surface area contributed by atoms with Gasteiger partial charge in [0.25, 0.3) is 5.91 Å². The van der Waals surface area contributed by atoms with Crippen LogP contribution in [0.4, 0.5) is 14.9 Å². The van der Waals surface area contributed by atoms with Gasteiger partial charge in [-0.3, -0.25) is 14.5 Å². The normalized spacial score (nSPS) is 19.6. The number of cyclic esters (lactones) is 1. The maximum Gasteiger partial charge on any atom is 0.414 e. The van der Waals surface area contributed by atoms with Gasteiger partial charge in [0.1, 0.15) is 18.5 Å². The number of carbonyl (C=O) groups excluding carboxylic acids is 3. The summed E-state index contributed by atoms with van der Waals surface area (Å²) in [6, 6.07) is 10.1. The molecule has 3 heterocycles. The fraction of sp³-hybridized carbons (Fsp3) is 0.393. The molecule has 0 radical (unpaired) electrons. The first kappa shape index (κ1) is 25.6. The Kier molecular flexibility index (Phi) is 7.22. The van der Waals surface area contributed by atoms with Crippen LogP contribution in [0.25, 0.3) is 0 Å². The number of hydrogen-bond acceptors (Lipinski definition) is 6. The molecule has 0 N–H and O–H groups in total. The maximum atomic E-state index is 15.0. The van der Waals surface area contributed by atoms with Crippen molar-refractivity contribution in [3.8, 4) is 11.5 Å². The number of benzene rings is 2. The Morgan fingerprint density at radius 2 is 1.82 bits per heavy atom. The summed E-state index contributed by atoms with van der Waals surface area (Å²) < 4.78 is 31.6. The van der Waals surface area contributed by atoms with Gasteiger partial charge in [-0.2, -0.15) is 0 Å². The lowest BCUT2D eigenvalue weighted by Crippen LogP contribution is -2.50. The summed E-state index contributed by atoms with van der Waals surface area (Å²) in [6.07, 6.45) is 4.19. The predicted molar refractivity (Wildman–Crippen MR) is 137 cm³/mol. The van der Waals surface area contributed by atoms with Crippen molar-refractivity contribution in [3.05, 3.63) is 65.6 Å². The van der Waals surface area contributed by atoms with Crippen molar-refractivity contribution in [3.63, 3.8) is 0 Å². The van der Waals surface area contributed by atoms with E-state index < -0.39 is 11.9 Å². The third-order valence-corrected chi connectivity index (χ3v) is 7.22. The highest BCUT2D eigenvalue weighted by molar-refractivity contribution is 5.97. The summed E-state index contributed by atoms with van der Waals surface area (Å²) in [4.78, 5) is 42.3. The van der Waals surface area contributed by atoms with Crippen LogP contribution in [0.1, 0.15) is 42.1 Å². The number of likely N-dealkylation sites (tertiary alicyclic amines) is 1. The molecule has 0 aromatic heterocycles. The number of nitrogens with zero attached hydrogens (tertiary/aromatic N) is 3. The van der Waals surface area contributed by atoms with E-state index in [4.69, 9.17) is 14.2 Å². The van der Waals surface area contributed by atoms with E-state index in [1.165, 1.54) is 20.1 Å². The largest absolute Gasteiger partial charge is 0.496 e. The number of para-hydroxylation sites is 1. The van der Waals surface area contributed by atoms with Crippen LogP contribution >= 0.6 is 0 Å². The SMILES string of the molecule is COc1cc(OC2C=CN(C(C)=O)CC2)c(F)cc1C(=O)N1CCC(N2C(=O)OCc3ccccc32)CC1. The zero-order valence-electron chi connectivity index (χ0n) is 21.4. The van der Waals surface area contributed by atoms with Crippen molar-refractivity contribution >= 4 is 23.6 Å². The first-order valence-corrected chi connectivity index (χ1v) is 12.7. The Morgan fingerprint density at radius 3 is 2.50 bits per heavy atom. The molecular weight excluding hydrogens is 493 g/mol. The highest BCUT2D eigenvalue weighted by Crippen LogP contribution is 2.34. The second-order valence-electron chi connectivity index (χ2n) is 9.56. The van der Waals surface area contributed by atoms with E-state index in [1.54, 1.807) is 27.0 Å². The van der Waals surface area contributed by atoms with E-state index in [0.29, 0.717) is 38.9 Å². The minimum atomic E-state index is -0.667. The van der Waals surface area contributed by atoms with Crippen LogP contribution in [0.5, 0.6) is 11.5 Å². The summed E-state index contributed by atoms with van der Waals surface area (Å²) in [5, 5.41) is 0. The molecule has 0 spiro atoms. The fourth-order valence-corrected chi connectivity index (χ4v) is 5.14. The Morgan fingerprint density at radius 1 is 1.05 bits per heavy atom. The van der Waals surface area contributed by atoms with Crippen LogP contribution in [0, 0.1) is 5.82 Å². The lowest BCUT2D eigenvalue weighted by molar-refractivity contribution is -0.126. The average molecular weight is 524 g/mol. The molecule has 3 aliphatic heterocycles. The molecule has 2 aromatic rings. The molecule has 1 fully saturated rings. The van der Waals surface area contributed by atoms with Crippen LogP contribution in [-0.2, 0) is 16.1 Å². The average Bonchev–Trinajstić information content (AvgIpc) is 2.94. The number of ether oxygens (including phenoxy) is 3. The van der Waals surface area contributed by atoms with Crippen molar-refractivity contribution < 1.29 is 33.0 Å². The predicted octanol–water partition coefficient (Wildman–Crippen LogP) is 4.11. The Bertz CT molecular complexity index is 1270. The van der Waals surface area contributed by atoms with Gasteiger partial charge in [-0.15, -0.1) is 0 Å². The van der Waals surface area contributed by atoms with Crippen LogP contribution in [0.15, 0.2) is 48.7 Å². The highest BCUT2D eigenvalue weighted by Gasteiger charge is 2.35. The second kappa shape index (κ2) is 10.7. The summed E-state index contributed by atoms with van der Waals surface area (Å²) in [5.74, 6) is -0.890. The summed E-state index contributed by atoms with van der Waals surface area (Å²) in [5.41, 5.74) is 1.91. The molecule has 0 bridgehead atoms. The smallest absolute Gasteiger partial charge is 0.414 e. The number of carbonyl (C=O) groups is 3. The number of hydrogen-bond donors (Lipinski definition) is 0. The molecule has 9 nitrogen and oxygen atoms in total. The molecule has 1 unspecified atom stereocenters. The topological polar surface area (TPSA) is 88.6 Å². The third-order valence-electron chi connectivity index (χ3n) is 7.22. The molecule has 1 atom stereocenters. The molecular formula is C28H30FN3O6. The van der Waals surface area contributed by atoms with Gasteiger partial charge in [-0.1, -0.05) is 18.2 Å². The second-order valence-corrected chi connectivity index (χ2v) is 9.56. The van der Waals surface area contributed by atoms with Gasteiger partial charge < -0.3 is 24.0 Å². The Labute approximate surface area is 220 Å². The van der Waals surface area contributed by atoms with E-state index >= 15 is 4.39 Å². The quantitative estimate of drug-likeness (QED) is 0.586. The van der Waals surface area contributed by atoms with E-state index in [-0.39, 0.29) is 47.6 Å². The number of rotatable bonds is 5. The number of methoxy groups -OCH3 is 1. The molecule has 3 amide bonds. The number of halogens is 1. The van der Waals surface area contributed by atoms with Gasteiger partial charge in [-0.25, -0.2) is 9.18 Å². The minimum Gasteiger partial charge on any atom is -0.496 e. The van der Waals surface area contributed by atoms with Crippen molar-refractivity contribution in [1.82, 2.24) is 9.80 Å². The van der Waals surface area contributed by atoms with E-state index in [0.717, 1.165) is 17.3 Å². The van der Waals surface area contributed by atoms with Crippen LogP contribution < -0.4 is 14.4 Å². The van der Waals surface area contributed by atoms with Gasteiger partial charge in [-0.05, 0) is 31.1 Å². The van der Waals surface area contributed by atoms with E-state index in [9.17, 15) is 14.4 Å². The van der Waals surface area contributed by atoms with E-state index in [2.05, 4.69) is 0 Å². The lowest BCUT2D eigenvalue weighted by atomic mass is 10.00. The summed E-state index contributed by atoms with van der Waals surface area (Å²) >= 11 is 0. The summed E-state index contributed by atoms with van der Waals surface area (Å²) in [7, 11) is 1.42. The minimum absolute atomic E-state index is 0.0229. The monoisotopic (exact) mass is 523 g/mol. The molecule has 38 heavy (non-hydrogen) atoms. The van der Waals surface area contributed by atoms with Gasteiger partial charge >= 0.3 is 6.09 Å². The first-order chi connectivity index (χ1) is 18.4. The third kappa shape index (κ3) is 5.03. The number of fused-ring (bicyclic) bond motifs is 1. The Hall–Kier alpha value is -4.08. The maximum absolute atomic E-state index is 15.0. The molecule has 10 heteroatoms. The molecule has 3 aliphatic rings. The van der Waals surface area contributed by atoms with Gasteiger partial charge in [0, 0.05) is 56.9 Å². The number of anilines is 1. The summed E-state index contributed by atoms with van der Waals surface area (Å²) in [6.45, 7) is 3.01. The van der Waals surface area contributed by atoms with Gasteiger partial charge in [0.05, 0.1) is 18.4 Å². The zero-order valence-corrected chi connectivity index (χ0v) is 21.4. The van der Waals surface area contributed by atoms with Crippen molar-refractivity contribution in [1.29, 1.82) is 0 Å². The van der Waals surface area contributed by atoms with Crippen LogP contribution in [0.2, 0.25) is 0 Å². The molecule has 0 saturated carbocycles. The van der Waals surface area contributed by atoms with Crippen molar-refractivity contribution in [2.24, 2.45) is 0 Å². The standard InChI is InChI=1S/C28H30FN3O6/c1-18(33)30-13-9-21(10-14-30)38-26-16-25(36-2)22(15-23(26)29)27(34)31-11-7-20(8-12-31)32-24-6-4-3-5-19(24)17-37-28(32)35/h3-6,9,13,15-16,20-21H,7-8,10-12,14,17H2,1-2H3. The molecule has 2 aromatic carbocycles. The van der Waals surface area contributed by atoms with E-state index in [1.807, 2.05) is 24.3 Å². The number of piperidine rings is 1. The zero-order chi connectivity index (χ0) is 26.8. The highest BCUT2D eigenvalue weighted by atomic mass is 19.1. The Balaban J connectivity index is 1.26. The molecule has 200 valence electrons. The number of amides is 3. The van der Waals surface area contributed by atoms with Crippen LogP contribution in [0.3, 0.4) is 0 Å². The van der Waals surface area contributed by atoms with Crippen molar-refractivity contribution in [2.45, 2.75) is 44.9 Å². The fourth-order valence-electron chi connectivity index (χ4n) is 5.14. The lowest BCUT2D eigenvalue weighted by Gasteiger charge is -2.40. The first-order valence-electron chi connectivity index (χ1n) is 12.7. The van der Waals surface area contributed by atoms with Crippen molar-refractivity contribution in [2.75, 3.05) is 31.6 Å². The van der Waals surface area contributed by atoms with Gasteiger partial charge in [0.15, 0.2) is 11.6 Å². The molecule has 0 aliphatic carbocycles.